The fourth-order valence-electron chi connectivity index (χ4n) is 0.909. The number of aliphatic hydroxyl groups excluding tert-OH is 1. The van der Waals surface area contributed by atoms with Crippen LogP contribution in [0.4, 0.5) is 0 Å². The molecule has 0 aromatic heterocycles. The van der Waals surface area contributed by atoms with E-state index >= 15 is 0 Å². The first-order chi connectivity index (χ1) is 5.81. The Bertz CT molecular complexity index is 88.6. The fraction of sp³-hybridized carbons (Fsp3) is 1.00. The van der Waals surface area contributed by atoms with Crippen molar-refractivity contribution in [2.75, 3.05) is 26.8 Å². The molecule has 0 aliphatic heterocycles. The molecular formula is C9H21NO2. The Morgan fingerprint density at radius 1 is 1.42 bits per heavy atom. The predicted octanol–water partition coefficient (Wildman–Crippen LogP) is 0.773. The van der Waals surface area contributed by atoms with E-state index in [1.165, 1.54) is 0 Å². The second-order valence-corrected chi connectivity index (χ2v) is 2.97. The number of hydrogen-bond donors (Lipinski definition) is 2. The highest BCUT2D eigenvalue weighted by molar-refractivity contribution is 4.56. The zero-order chi connectivity index (χ0) is 9.23. The summed E-state index contributed by atoms with van der Waals surface area (Å²) < 4.78 is 4.91. The van der Waals surface area contributed by atoms with Crippen molar-refractivity contribution in [3.63, 3.8) is 0 Å². The van der Waals surface area contributed by atoms with Crippen LogP contribution in [0.25, 0.3) is 0 Å². The van der Waals surface area contributed by atoms with Gasteiger partial charge < -0.3 is 15.2 Å². The molecule has 0 radical (unpaired) electrons. The largest absolute Gasteiger partial charge is 0.392 e. The summed E-state index contributed by atoms with van der Waals surface area (Å²) in [6.45, 7) is 4.50. The summed E-state index contributed by atoms with van der Waals surface area (Å²) in [5.41, 5.74) is 0. The lowest BCUT2D eigenvalue weighted by atomic mass is 10.2. The number of ether oxygens (including phenoxy) is 1. The minimum atomic E-state index is -0.188. The standard InChI is InChI=1S/C9H21NO2/c1-3-9(11)8-10-6-4-5-7-12-2/h9-11H,3-8H2,1-2H3. The van der Waals surface area contributed by atoms with Crippen molar-refractivity contribution in [3.8, 4) is 0 Å². The van der Waals surface area contributed by atoms with Gasteiger partial charge in [0, 0.05) is 20.3 Å². The highest BCUT2D eigenvalue weighted by atomic mass is 16.5. The number of methoxy groups -OCH3 is 1. The van der Waals surface area contributed by atoms with Gasteiger partial charge in [0.25, 0.3) is 0 Å². The van der Waals surface area contributed by atoms with E-state index < -0.39 is 0 Å². The van der Waals surface area contributed by atoms with Gasteiger partial charge in [0.15, 0.2) is 0 Å². The summed E-state index contributed by atoms with van der Waals surface area (Å²) >= 11 is 0. The molecule has 0 rings (SSSR count). The van der Waals surface area contributed by atoms with Crippen LogP contribution in [0.5, 0.6) is 0 Å². The minimum absolute atomic E-state index is 0.188. The zero-order valence-corrected chi connectivity index (χ0v) is 8.18. The van der Waals surface area contributed by atoms with E-state index in [-0.39, 0.29) is 6.10 Å². The van der Waals surface area contributed by atoms with Crippen molar-refractivity contribution in [1.29, 1.82) is 0 Å². The second kappa shape index (κ2) is 8.97. The van der Waals surface area contributed by atoms with Gasteiger partial charge in [0.1, 0.15) is 0 Å². The topological polar surface area (TPSA) is 41.5 Å². The van der Waals surface area contributed by atoms with Crippen LogP contribution in [0.2, 0.25) is 0 Å². The molecule has 0 amide bonds. The number of rotatable bonds is 8. The smallest absolute Gasteiger partial charge is 0.0662 e. The molecule has 0 aliphatic rings. The lowest BCUT2D eigenvalue weighted by Gasteiger charge is -2.08. The predicted molar refractivity (Wildman–Crippen MR) is 50.3 cm³/mol. The van der Waals surface area contributed by atoms with Gasteiger partial charge in [-0.25, -0.2) is 0 Å². The number of unbranched alkanes of at least 4 members (excludes halogenated alkanes) is 1. The maximum Gasteiger partial charge on any atom is 0.0662 e. The lowest BCUT2D eigenvalue weighted by molar-refractivity contribution is 0.165. The molecule has 74 valence electrons. The first-order valence-electron chi connectivity index (χ1n) is 4.69. The van der Waals surface area contributed by atoms with Crippen LogP contribution in [0, 0.1) is 0 Å². The summed E-state index contributed by atoms with van der Waals surface area (Å²) in [7, 11) is 1.72. The Kier molecular flexibility index (Phi) is 8.88. The van der Waals surface area contributed by atoms with Crippen LogP contribution in [0.3, 0.4) is 0 Å². The Morgan fingerprint density at radius 2 is 2.17 bits per heavy atom. The van der Waals surface area contributed by atoms with Crippen LogP contribution >= 0.6 is 0 Å². The van der Waals surface area contributed by atoms with E-state index in [9.17, 15) is 5.11 Å². The van der Waals surface area contributed by atoms with Crippen LogP contribution in [0.15, 0.2) is 0 Å². The Labute approximate surface area is 75.1 Å². The number of hydrogen-bond acceptors (Lipinski definition) is 3. The Hall–Kier alpha value is -0.120. The molecule has 3 heteroatoms. The molecule has 0 saturated carbocycles. The van der Waals surface area contributed by atoms with Gasteiger partial charge in [0.05, 0.1) is 6.10 Å². The molecule has 1 unspecified atom stereocenters. The van der Waals surface area contributed by atoms with Crippen LogP contribution in [-0.2, 0) is 4.74 Å². The zero-order valence-electron chi connectivity index (χ0n) is 8.18. The van der Waals surface area contributed by atoms with Gasteiger partial charge in [0.2, 0.25) is 0 Å². The third-order valence-electron chi connectivity index (χ3n) is 1.80. The fourth-order valence-corrected chi connectivity index (χ4v) is 0.909. The van der Waals surface area contributed by atoms with E-state index in [2.05, 4.69) is 5.32 Å². The average molecular weight is 175 g/mol. The molecular weight excluding hydrogens is 154 g/mol. The van der Waals surface area contributed by atoms with Crippen molar-refractivity contribution in [2.45, 2.75) is 32.3 Å². The van der Waals surface area contributed by atoms with E-state index in [0.717, 1.165) is 32.4 Å². The molecule has 12 heavy (non-hydrogen) atoms. The third-order valence-corrected chi connectivity index (χ3v) is 1.80. The molecule has 1 atom stereocenters. The molecule has 0 bridgehead atoms. The normalized spacial score (nSPS) is 13.2. The Morgan fingerprint density at radius 3 is 2.75 bits per heavy atom. The van der Waals surface area contributed by atoms with Crippen molar-refractivity contribution < 1.29 is 9.84 Å². The van der Waals surface area contributed by atoms with Gasteiger partial charge in [-0.3, -0.25) is 0 Å². The molecule has 0 aromatic carbocycles. The lowest BCUT2D eigenvalue weighted by Crippen LogP contribution is -2.27. The van der Waals surface area contributed by atoms with Crippen molar-refractivity contribution >= 4 is 0 Å². The highest BCUT2D eigenvalue weighted by Crippen LogP contribution is 1.89. The van der Waals surface area contributed by atoms with E-state index in [1.54, 1.807) is 7.11 Å². The molecule has 3 nitrogen and oxygen atoms in total. The van der Waals surface area contributed by atoms with Crippen LogP contribution in [-0.4, -0.2) is 38.0 Å². The van der Waals surface area contributed by atoms with Gasteiger partial charge >= 0.3 is 0 Å². The first kappa shape index (κ1) is 11.9. The summed E-state index contributed by atoms with van der Waals surface area (Å²) in [6.07, 6.45) is 2.84. The molecule has 2 N–H and O–H groups in total. The summed E-state index contributed by atoms with van der Waals surface area (Å²) in [4.78, 5) is 0. The van der Waals surface area contributed by atoms with E-state index in [0.29, 0.717) is 6.54 Å². The molecule has 0 aliphatic carbocycles. The Balaban J connectivity index is 2.90. The van der Waals surface area contributed by atoms with Gasteiger partial charge in [-0.2, -0.15) is 0 Å². The van der Waals surface area contributed by atoms with Crippen molar-refractivity contribution in [2.24, 2.45) is 0 Å². The molecule has 0 saturated heterocycles. The quantitative estimate of drug-likeness (QED) is 0.535. The van der Waals surface area contributed by atoms with E-state index in [4.69, 9.17) is 4.74 Å². The van der Waals surface area contributed by atoms with Gasteiger partial charge in [-0.15, -0.1) is 0 Å². The summed E-state index contributed by atoms with van der Waals surface area (Å²) in [5.74, 6) is 0. The minimum Gasteiger partial charge on any atom is -0.392 e. The maximum atomic E-state index is 9.17. The molecule has 0 spiro atoms. The van der Waals surface area contributed by atoms with Crippen LogP contribution < -0.4 is 5.32 Å². The van der Waals surface area contributed by atoms with Crippen molar-refractivity contribution in [1.82, 2.24) is 5.32 Å². The summed E-state index contributed by atoms with van der Waals surface area (Å²) in [6, 6.07) is 0. The van der Waals surface area contributed by atoms with E-state index in [1.807, 2.05) is 6.92 Å². The SMILES string of the molecule is CCC(O)CNCCCCOC. The number of nitrogens with one attached hydrogen (secondary N) is 1. The van der Waals surface area contributed by atoms with Gasteiger partial charge in [-0.1, -0.05) is 6.92 Å². The highest BCUT2D eigenvalue weighted by Gasteiger charge is 1.97. The first-order valence-corrected chi connectivity index (χ1v) is 4.69. The number of aliphatic hydroxyl groups is 1. The monoisotopic (exact) mass is 175 g/mol. The average Bonchev–Trinajstić information content (AvgIpc) is 2.10. The molecule has 0 aromatic rings. The molecule has 0 fully saturated rings. The van der Waals surface area contributed by atoms with Crippen LogP contribution in [0.1, 0.15) is 26.2 Å². The third kappa shape index (κ3) is 7.98. The molecule has 0 heterocycles. The maximum absolute atomic E-state index is 9.17. The second-order valence-electron chi connectivity index (χ2n) is 2.97. The summed E-state index contributed by atoms with van der Waals surface area (Å²) in [5, 5.41) is 12.4. The van der Waals surface area contributed by atoms with Gasteiger partial charge in [-0.05, 0) is 25.8 Å². The van der Waals surface area contributed by atoms with Crippen molar-refractivity contribution in [3.05, 3.63) is 0 Å².